The number of carbonyl (C=O) groups excluding carboxylic acids is 4. The van der Waals surface area contributed by atoms with Gasteiger partial charge in [-0.05, 0) is 77.1 Å². The summed E-state index contributed by atoms with van der Waals surface area (Å²) in [6, 6.07) is 12.2. The Kier molecular flexibility index (Phi) is 16.8. The second kappa shape index (κ2) is 19.9. The third kappa shape index (κ3) is 14.8. The van der Waals surface area contributed by atoms with Gasteiger partial charge in [0, 0.05) is 13.0 Å². The second-order valence-electron chi connectivity index (χ2n) is 15.1. The predicted molar refractivity (Wildman–Crippen MR) is 196 cm³/mol. The molecule has 0 aliphatic heterocycles. The molecule has 0 heterocycles. The third-order valence-corrected chi connectivity index (χ3v) is 8.22. The lowest BCUT2D eigenvalue weighted by atomic mass is 9.95. The summed E-state index contributed by atoms with van der Waals surface area (Å²) in [5.41, 5.74) is -0.413. The molecule has 2 aromatic carbocycles. The fourth-order valence-corrected chi connectivity index (χ4v) is 5.56. The first-order chi connectivity index (χ1) is 23.5. The minimum atomic E-state index is -1.24. The summed E-state index contributed by atoms with van der Waals surface area (Å²) in [5, 5.41) is 16.2. The van der Waals surface area contributed by atoms with Gasteiger partial charge in [0.25, 0.3) is 0 Å². The summed E-state index contributed by atoms with van der Waals surface area (Å²) in [7, 11) is 0. The fraction of sp³-hybridized carbons (Fsp3) is 0.600. The van der Waals surface area contributed by atoms with Gasteiger partial charge in [-0.15, -0.1) is 0 Å². The highest BCUT2D eigenvalue weighted by Gasteiger charge is 2.39. The number of benzene rings is 2. The molecule has 0 aromatic heterocycles. The van der Waals surface area contributed by atoms with Crippen LogP contribution < -0.4 is 10.6 Å². The molecule has 0 aliphatic carbocycles. The van der Waals surface area contributed by atoms with Crippen LogP contribution in [0.3, 0.4) is 0 Å². The van der Waals surface area contributed by atoms with E-state index < -0.39 is 53.2 Å². The summed E-state index contributed by atoms with van der Waals surface area (Å²) in [5.74, 6) is -2.06. The summed E-state index contributed by atoms with van der Waals surface area (Å²) < 4.78 is 11.3. The highest BCUT2D eigenvalue weighted by molar-refractivity contribution is 5.94. The lowest BCUT2D eigenvalue weighted by Crippen LogP contribution is -2.56. The highest BCUT2D eigenvalue weighted by atomic mass is 16.6. The first-order valence-corrected chi connectivity index (χ1v) is 18.1. The minimum Gasteiger partial charge on any atom is -0.508 e. The molecule has 0 bridgehead atoms. The van der Waals surface area contributed by atoms with Gasteiger partial charge in [-0.3, -0.25) is 9.59 Å². The van der Waals surface area contributed by atoms with Crippen molar-refractivity contribution in [3.05, 3.63) is 65.7 Å². The zero-order valence-corrected chi connectivity index (χ0v) is 31.7. The normalized spacial score (nSPS) is 14.1. The standard InChI is InChI=1S/C40H61N3O7/c1-10-12-13-14-15-19-25-43(36(46)33(28(3)11-2)42-38(48)50-40(7,8)9)34(30-23-20-24-31(44)27-30)35(45)41-32(37(47)49-39(4,5)6)26-29-21-17-16-18-22-29/h16-18,20-24,27-28,32-34,44H,10-15,19,25-26H2,1-9H3,(H,41,45)(H,42,48). The Hall–Kier alpha value is -4.08. The van der Waals surface area contributed by atoms with E-state index >= 15 is 0 Å². The van der Waals surface area contributed by atoms with Crippen LogP contribution in [0.2, 0.25) is 0 Å². The Bertz CT molecular complexity index is 1370. The summed E-state index contributed by atoms with van der Waals surface area (Å²) in [4.78, 5) is 57.4. The van der Waals surface area contributed by atoms with E-state index in [1.54, 1.807) is 53.7 Å². The molecule has 4 unspecified atom stereocenters. The van der Waals surface area contributed by atoms with E-state index in [9.17, 15) is 24.3 Å². The maximum absolute atomic E-state index is 14.7. The number of hydrogen-bond acceptors (Lipinski definition) is 7. The van der Waals surface area contributed by atoms with Gasteiger partial charge in [0.15, 0.2) is 0 Å². The van der Waals surface area contributed by atoms with Crippen molar-refractivity contribution in [1.82, 2.24) is 15.5 Å². The van der Waals surface area contributed by atoms with Gasteiger partial charge >= 0.3 is 12.1 Å². The fourth-order valence-electron chi connectivity index (χ4n) is 5.56. The molecular formula is C40H61N3O7. The van der Waals surface area contributed by atoms with Crippen molar-refractivity contribution in [2.24, 2.45) is 5.92 Å². The second-order valence-corrected chi connectivity index (χ2v) is 15.1. The van der Waals surface area contributed by atoms with Gasteiger partial charge in [0.1, 0.15) is 35.1 Å². The number of phenolic OH excluding ortho intramolecular Hbond substituents is 1. The van der Waals surface area contributed by atoms with Crippen molar-refractivity contribution < 1.29 is 33.8 Å². The number of nitrogens with one attached hydrogen (secondary N) is 2. The molecule has 0 spiro atoms. The number of alkyl carbamates (subject to hydrolysis) is 1. The molecule has 2 aromatic rings. The molecule has 50 heavy (non-hydrogen) atoms. The molecule has 0 aliphatic rings. The number of hydrogen-bond donors (Lipinski definition) is 3. The molecule has 4 atom stereocenters. The van der Waals surface area contributed by atoms with Crippen molar-refractivity contribution in [2.75, 3.05) is 6.54 Å². The van der Waals surface area contributed by atoms with Crippen LogP contribution in [0.15, 0.2) is 54.6 Å². The molecule has 0 fully saturated rings. The molecule has 3 N–H and O–H groups in total. The molecule has 2 rings (SSSR count). The van der Waals surface area contributed by atoms with Crippen LogP contribution in [0.5, 0.6) is 5.75 Å². The number of unbranched alkanes of at least 4 members (excludes halogenated alkanes) is 5. The zero-order valence-electron chi connectivity index (χ0n) is 31.7. The van der Waals surface area contributed by atoms with Crippen LogP contribution in [0.25, 0.3) is 0 Å². The van der Waals surface area contributed by atoms with Crippen LogP contribution in [0, 0.1) is 5.92 Å². The van der Waals surface area contributed by atoms with Crippen LogP contribution in [-0.4, -0.2) is 63.7 Å². The molecular weight excluding hydrogens is 634 g/mol. The van der Waals surface area contributed by atoms with Gasteiger partial charge in [0.2, 0.25) is 11.8 Å². The van der Waals surface area contributed by atoms with Gasteiger partial charge in [-0.2, -0.15) is 0 Å². The lowest BCUT2D eigenvalue weighted by molar-refractivity contribution is -0.159. The molecule has 0 saturated carbocycles. The Morgan fingerprint density at radius 2 is 1.42 bits per heavy atom. The molecule has 10 heteroatoms. The first-order valence-electron chi connectivity index (χ1n) is 18.1. The monoisotopic (exact) mass is 695 g/mol. The third-order valence-electron chi connectivity index (χ3n) is 8.22. The molecule has 0 radical (unpaired) electrons. The number of esters is 1. The van der Waals surface area contributed by atoms with E-state index in [1.165, 1.54) is 17.0 Å². The number of phenols is 1. The number of ether oxygens (including phenoxy) is 2. The van der Waals surface area contributed by atoms with Crippen molar-refractivity contribution in [3.8, 4) is 5.75 Å². The summed E-state index contributed by atoms with van der Waals surface area (Å²) >= 11 is 0. The van der Waals surface area contributed by atoms with Crippen molar-refractivity contribution in [1.29, 1.82) is 0 Å². The maximum Gasteiger partial charge on any atom is 0.408 e. The number of amides is 3. The summed E-state index contributed by atoms with van der Waals surface area (Å²) in [6.45, 7) is 16.7. The van der Waals surface area contributed by atoms with Crippen LogP contribution in [0.1, 0.15) is 124 Å². The lowest BCUT2D eigenvalue weighted by Gasteiger charge is -2.36. The largest absolute Gasteiger partial charge is 0.508 e. The van der Waals surface area contributed by atoms with Crippen molar-refractivity contribution in [3.63, 3.8) is 0 Å². The van der Waals surface area contributed by atoms with Crippen LogP contribution in [-0.2, 0) is 30.3 Å². The number of nitrogens with zero attached hydrogens (tertiary/aromatic N) is 1. The van der Waals surface area contributed by atoms with Crippen LogP contribution in [0.4, 0.5) is 4.79 Å². The van der Waals surface area contributed by atoms with Gasteiger partial charge in [-0.1, -0.05) is 102 Å². The smallest absolute Gasteiger partial charge is 0.408 e. The highest BCUT2D eigenvalue weighted by Crippen LogP contribution is 2.28. The Morgan fingerprint density at radius 3 is 2.00 bits per heavy atom. The van der Waals surface area contributed by atoms with Gasteiger partial charge < -0.3 is 30.1 Å². The summed E-state index contributed by atoms with van der Waals surface area (Å²) in [6.07, 6.45) is 5.68. The van der Waals surface area contributed by atoms with E-state index in [1.807, 2.05) is 44.2 Å². The van der Waals surface area contributed by atoms with E-state index in [0.717, 1.165) is 37.7 Å². The van der Waals surface area contributed by atoms with E-state index in [0.29, 0.717) is 18.4 Å². The molecule has 0 saturated heterocycles. The average Bonchev–Trinajstić information content (AvgIpc) is 3.02. The quantitative estimate of drug-likeness (QED) is 0.108. The maximum atomic E-state index is 14.7. The predicted octanol–water partition coefficient (Wildman–Crippen LogP) is 7.63. The minimum absolute atomic E-state index is 0.0781. The average molecular weight is 696 g/mol. The topological polar surface area (TPSA) is 134 Å². The Morgan fingerprint density at radius 1 is 0.800 bits per heavy atom. The van der Waals surface area contributed by atoms with Gasteiger partial charge in [0.05, 0.1) is 0 Å². The van der Waals surface area contributed by atoms with E-state index in [4.69, 9.17) is 9.47 Å². The molecule has 3 amide bonds. The SMILES string of the molecule is CCCCCCCCN(C(=O)C(NC(=O)OC(C)(C)C)C(C)CC)C(C(=O)NC(Cc1ccccc1)C(=O)OC(C)(C)C)c1cccc(O)c1. The molecule has 278 valence electrons. The number of rotatable bonds is 18. The Labute approximate surface area is 299 Å². The Balaban J connectivity index is 2.64. The van der Waals surface area contributed by atoms with E-state index in [2.05, 4.69) is 17.6 Å². The van der Waals surface area contributed by atoms with Crippen molar-refractivity contribution >= 4 is 23.9 Å². The van der Waals surface area contributed by atoms with Crippen molar-refractivity contribution in [2.45, 2.75) is 143 Å². The number of aromatic hydroxyl groups is 1. The van der Waals surface area contributed by atoms with Gasteiger partial charge in [-0.25, -0.2) is 9.59 Å². The first kappa shape index (κ1) is 42.1. The number of carbonyl (C=O) groups is 4. The zero-order chi connectivity index (χ0) is 37.5. The van der Waals surface area contributed by atoms with Crippen LogP contribution >= 0.6 is 0 Å². The van der Waals surface area contributed by atoms with E-state index in [-0.39, 0.29) is 24.6 Å². The molecule has 10 nitrogen and oxygen atoms in total.